The molecule has 19 heavy (non-hydrogen) atoms. The summed E-state index contributed by atoms with van der Waals surface area (Å²) in [5.74, 6) is 1.50. The summed E-state index contributed by atoms with van der Waals surface area (Å²) in [6.07, 6.45) is 1.89. The molecule has 3 heteroatoms. The van der Waals surface area contributed by atoms with Gasteiger partial charge in [0, 0.05) is 12.0 Å². The maximum atomic E-state index is 5.78. The predicted molar refractivity (Wildman–Crippen MR) is 80.2 cm³/mol. The molecule has 1 aromatic heterocycles. The Morgan fingerprint density at radius 1 is 1.21 bits per heavy atom. The van der Waals surface area contributed by atoms with Gasteiger partial charge in [-0.1, -0.05) is 52.0 Å². The summed E-state index contributed by atoms with van der Waals surface area (Å²) < 4.78 is 0. The van der Waals surface area contributed by atoms with Gasteiger partial charge in [0.1, 0.15) is 5.82 Å². The van der Waals surface area contributed by atoms with Crippen LogP contribution in [0.3, 0.4) is 0 Å². The number of benzene rings is 1. The molecule has 2 aromatic rings. The number of nitrogens with two attached hydrogens (primary N) is 1. The summed E-state index contributed by atoms with van der Waals surface area (Å²) in [6.45, 7) is 9.17. The van der Waals surface area contributed by atoms with Crippen LogP contribution in [0.2, 0.25) is 0 Å². The molecule has 0 radical (unpaired) electrons. The van der Waals surface area contributed by atoms with Crippen molar-refractivity contribution in [3.63, 3.8) is 0 Å². The minimum atomic E-state index is -0.115. The molecule has 0 aliphatic rings. The first-order chi connectivity index (χ1) is 8.94. The largest absolute Gasteiger partial charge is 0.342 e. The van der Waals surface area contributed by atoms with Crippen molar-refractivity contribution in [1.29, 1.82) is 0 Å². The highest BCUT2D eigenvalue weighted by Gasteiger charge is 2.22. The van der Waals surface area contributed by atoms with Crippen LogP contribution in [-0.2, 0) is 5.41 Å². The number of aromatic nitrogens is 2. The number of hydrogen-bond donors (Lipinski definition) is 2. The maximum absolute atomic E-state index is 5.78. The number of hydrogen-bond acceptors (Lipinski definition) is 2. The van der Waals surface area contributed by atoms with Crippen LogP contribution in [-0.4, -0.2) is 16.5 Å². The molecule has 3 N–H and O–H groups in total. The van der Waals surface area contributed by atoms with E-state index < -0.39 is 0 Å². The van der Waals surface area contributed by atoms with E-state index in [9.17, 15) is 0 Å². The fourth-order valence-electron chi connectivity index (χ4n) is 1.96. The van der Waals surface area contributed by atoms with Crippen LogP contribution in [0.15, 0.2) is 30.5 Å². The number of imidazole rings is 1. The summed E-state index contributed by atoms with van der Waals surface area (Å²) in [6, 6.07) is 8.63. The molecule has 0 fully saturated rings. The van der Waals surface area contributed by atoms with E-state index in [1.54, 1.807) is 0 Å². The molecule has 0 aliphatic heterocycles. The zero-order valence-electron chi connectivity index (χ0n) is 12.2. The van der Waals surface area contributed by atoms with Gasteiger partial charge in [0.05, 0.1) is 11.9 Å². The summed E-state index contributed by atoms with van der Waals surface area (Å²) in [5, 5.41) is 0. The Balaban J connectivity index is 2.28. The van der Waals surface area contributed by atoms with Crippen LogP contribution in [0, 0.1) is 0 Å². The van der Waals surface area contributed by atoms with E-state index in [4.69, 9.17) is 5.73 Å². The molecule has 0 saturated heterocycles. The van der Waals surface area contributed by atoms with Gasteiger partial charge < -0.3 is 10.7 Å². The summed E-state index contributed by atoms with van der Waals surface area (Å²) >= 11 is 0. The first-order valence-corrected chi connectivity index (χ1v) is 6.80. The Morgan fingerprint density at radius 3 is 2.37 bits per heavy atom. The zero-order valence-corrected chi connectivity index (χ0v) is 12.2. The highest BCUT2D eigenvalue weighted by atomic mass is 14.9. The van der Waals surface area contributed by atoms with E-state index in [-0.39, 0.29) is 5.41 Å². The minimum absolute atomic E-state index is 0.115. The fourth-order valence-corrected chi connectivity index (χ4v) is 1.96. The van der Waals surface area contributed by atoms with Crippen molar-refractivity contribution >= 4 is 0 Å². The van der Waals surface area contributed by atoms with Crippen LogP contribution in [0.25, 0.3) is 11.3 Å². The zero-order chi connectivity index (χ0) is 14.0. The number of nitrogens with zero attached hydrogens (tertiary/aromatic N) is 1. The van der Waals surface area contributed by atoms with Gasteiger partial charge >= 0.3 is 0 Å². The maximum Gasteiger partial charge on any atom is 0.113 e. The Hall–Kier alpha value is -1.61. The standard InChI is InChI=1S/C16H23N3/c1-11(2)12-5-7-13(8-6-12)14-9-18-15(19-14)16(3,4)10-17/h5-9,11H,10,17H2,1-4H3,(H,18,19). The fraction of sp³-hybridized carbons (Fsp3) is 0.438. The van der Waals surface area contributed by atoms with E-state index >= 15 is 0 Å². The van der Waals surface area contributed by atoms with Crippen LogP contribution in [0.4, 0.5) is 0 Å². The second kappa shape index (κ2) is 5.17. The van der Waals surface area contributed by atoms with Crippen LogP contribution >= 0.6 is 0 Å². The second-order valence-electron chi connectivity index (χ2n) is 6.01. The molecule has 102 valence electrons. The third kappa shape index (κ3) is 2.87. The highest BCUT2D eigenvalue weighted by molar-refractivity contribution is 5.59. The van der Waals surface area contributed by atoms with Crippen molar-refractivity contribution in [2.45, 2.75) is 39.0 Å². The number of nitrogens with one attached hydrogen (secondary N) is 1. The average Bonchev–Trinajstić information content (AvgIpc) is 2.89. The molecule has 0 aliphatic carbocycles. The topological polar surface area (TPSA) is 54.7 Å². The Bertz CT molecular complexity index is 535. The van der Waals surface area contributed by atoms with Gasteiger partial charge in [0.15, 0.2) is 0 Å². The molecule has 0 saturated carbocycles. The average molecular weight is 257 g/mol. The third-order valence-electron chi connectivity index (χ3n) is 3.62. The van der Waals surface area contributed by atoms with Gasteiger partial charge in [0.2, 0.25) is 0 Å². The van der Waals surface area contributed by atoms with Gasteiger partial charge in [-0.2, -0.15) is 0 Å². The van der Waals surface area contributed by atoms with E-state index in [1.165, 1.54) is 5.56 Å². The lowest BCUT2D eigenvalue weighted by atomic mass is 9.93. The molecular formula is C16H23N3. The van der Waals surface area contributed by atoms with Crippen molar-refractivity contribution in [2.24, 2.45) is 5.73 Å². The summed E-state index contributed by atoms with van der Waals surface area (Å²) in [5.41, 5.74) is 9.23. The first-order valence-electron chi connectivity index (χ1n) is 6.80. The monoisotopic (exact) mass is 257 g/mol. The van der Waals surface area contributed by atoms with E-state index in [0.29, 0.717) is 12.5 Å². The second-order valence-corrected chi connectivity index (χ2v) is 6.01. The molecular weight excluding hydrogens is 234 g/mol. The molecule has 0 amide bonds. The van der Waals surface area contributed by atoms with Crippen molar-refractivity contribution in [3.05, 3.63) is 41.9 Å². The van der Waals surface area contributed by atoms with Gasteiger partial charge in [-0.05, 0) is 17.0 Å². The Kier molecular flexibility index (Phi) is 3.76. The van der Waals surface area contributed by atoms with Crippen LogP contribution in [0.1, 0.15) is 45.0 Å². The Morgan fingerprint density at radius 2 is 1.84 bits per heavy atom. The molecule has 3 nitrogen and oxygen atoms in total. The predicted octanol–water partition coefficient (Wildman–Crippen LogP) is 3.44. The molecule has 0 spiro atoms. The van der Waals surface area contributed by atoms with E-state index in [1.807, 2.05) is 6.20 Å². The molecule has 0 bridgehead atoms. The lowest BCUT2D eigenvalue weighted by molar-refractivity contribution is 0.508. The van der Waals surface area contributed by atoms with Crippen molar-refractivity contribution in [3.8, 4) is 11.3 Å². The smallest absolute Gasteiger partial charge is 0.113 e. The first kappa shape index (κ1) is 13.8. The van der Waals surface area contributed by atoms with Gasteiger partial charge in [-0.3, -0.25) is 0 Å². The minimum Gasteiger partial charge on any atom is -0.342 e. The molecule has 0 atom stereocenters. The summed E-state index contributed by atoms with van der Waals surface area (Å²) in [7, 11) is 0. The van der Waals surface area contributed by atoms with Crippen molar-refractivity contribution < 1.29 is 0 Å². The lowest BCUT2D eigenvalue weighted by Crippen LogP contribution is -2.29. The molecule has 1 aromatic carbocycles. The van der Waals surface area contributed by atoms with Crippen molar-refractivity contribution in [1.82, 2.24) is 9.97 Å². The van der Waals surface area contributed by atoms with Crippen molar-refractivity contribution in [2.75, 3.05) is 6.54 Å². The SMILES string of the molecule is CC(C)c1ccc(-c2cnc(C(C)(C)CN)[nH]2)cc1. The van der Waals surface area contributed by atoms with Gasteiger partial charge in [0.25, 0.3) is 0 Å². The van der Waals surface area contributed by atoms with E-state index in [0.717, 1.165) is 17.1 Å². The van der Waals surface area contributed by atoms with Gasteiger partial charge in [-0.15, -0.1) is 0 Å². The van der Waals surface area contributed by atoms with Crippen LogP contribution < -0.4 is 5.73 Å². The number of rotatable bonds is 4. The quantitative estimate of drug-likeness (QED) is 0.881. The number of H-pyrrole nitrogens is 1. The third-order valence-corrected chi connectivity index (χ3v) is 3.62. The van der Waals surface area contributed by atoms with Gasteiger partial charge in [-0.25, -0.2) is 4.98 Å². The lowest BCUT2D eigenvalue weighted by Gasteiger charge is -2.18. The number of aromatic amines is 1. The Labute approximate surface area is 115 Å². The molecule has 1 heterocycles. The molecule has 0 unspecified atom stereocenters. The highest BCUT2D eigenvalue weighted by Crippen LogP contribution is 2.24. The van der Waals surface area contributed by atoms with E-state index in [2.05, 4.69) is 61.9 Å². The normalized spacial score (nSPS) is 12.1. The molecule has 2 rings (SSSR count). The summed E-state index contributed by atoms with van der Waals surface area (Å²) in [4.78, 5) is 7.84. The van der Waals surface area contributed by atoms with Crippen LogP contribution in [0.5, 0.6) is 0 Å².